The average molecular weight is 270 g/mol. The van der Waals surface area contributed by atoms with Crippen molar-refractivity contribution in [3.05, 3.63) is 13.1 Å². The van der Waals surface area contributed by atoms with Crippen LogP contribution in [0.1, 0.15) is 0 Å². The third kappa shape index (κ3) is 4340. The Morgan fingerprint density at radius 1 is 1.12 bits per heavy atom. The zero-order valence-electron chi connectivity index (χ0n) is 3.93. The first-order valence-electron chi connectivity index (χ1n) is 0.860. The van der Waals surface area contributed by atoms with Crippen LogP contribution in [0, 0.1) is 33.0 Å². The first-order valence-corrected chi connectivity index (χ1v) is 1.94. The maximum Gasteiger partial charge on any atom is 2.00 e. The summed E-state index contributed by atoms with van der Waals surface area (Å²) < 4.78 is 1.72. The Labute approximate surface area is 74.8 Å². The third-order valence-electron chi connectivity index (χ3n) is 0. The normalized spacial score (nSPS) is 1.50. The number of hydrogen-bond acceptors (Lipinski definition) is 3. The van der Waals surface area contributed by atoms with E-state index in [0.29, 0.717) is 0 Å². The van der Waals surface area contributed by atoms with Crippen molar-refractivity contribution in [1.82, 2.24) is 0 Å². The SMILES string of the molecule is N#CI.[C-]#N.[C-]#N.[Zn+2]. The zero-order valence-corrected chi connectivity index (χ0v) is 9.05. The van der Waals surface area contributed by atoms with Gasteiger partial charge in [-0.05, 0) is 0 Å². The fraction of sp³-hybridized carbons (Fsp3) is 0. The molecule has 0 fully saturated rings. The van der Waals surface area contributed by atoms with Crippen molar-refractivity contribution < 1.29 is 19.5 Å². The van der Waals surface area contributed by atoms with E-state index in [2.05, 4.69) is 0 Å². The number of halogens is 1. The molecule has 0 aromatic heterocycles. The molecule has 0 N–H and O–H groups in total. The van der Waals surface area contributed by atoms with E-state index in [0.717, 1.165) is 0 Å². The molecule has 0 radical (unpaired) electrons. The molecule has 0 aliphatic heterocycles. The van der Waals surface area contributed by atoms with E-state index in [1.165, 1.54) is 0 Å². The minimum atomic E-state index is 0. The second kappa shape index (κ2) is 341. The van der Waals surface area contributed by atoms with Gasteiger partial charge in [0.25, 0.3) is 0 Å². The summed E-state index contributed by atoms with van der Waals surface area (Å²) in [6.45, 7) is 9.50. The molecule has 0 aliphatic carbocycles. The molecule has 0 saturated carbocycles. The Morgan fingerprint density at radius 3 is 1.12 bits per heavy atom. The Balaban J connectivity index is -0.0000000147. The fourth-order valence-electron chi connectivity index (χ4n) is 0. The largest absolute Gasteiger partial charge is 2.00 e. The number of nitrogens with zero attached hydrogens (tertiary/aromatic N) is 3. The van der Waals surface area contributed by atoms with E-state index >= 15 is 0 Å². The molecule has 0 aromatic rings. The molecule has 0 heterocycles. The van der Waals surface area contributed by atoms with Crippen molar-refractivity contribution in [1.29, 1.82) is 15.8 Å². The van der Waals surface area contributed by atoms with Crippen molar-refractivity contribution in [2.75, 3.05) is 0 Å². The first kappa shape index (κ1) is 24.9. The van der Waals surface area contributed by atoms with Crippen LogP contribution in [0.2, 0.25) is 0 Å². The van der Waals surface area contributed by atoms with Crippen molar-refractivity contribution in [2.24, 2.45) is 0 Å². The van der Waals surface area contributed by atoms with Crippen LogP contribution >= 0.6 is 22.6 Å². The van der Waals surface area contributed by atoms with Crippen LogP contribution in [0.25, 0.3) is 0 Å². The Hall–Kier alpha value is -0.177. The summed E-state index contributed by atoms with van der Waals surface area (Å²) >= 11 is 1.59. The van der Waals surface area contributed by atoms with Crippen LogP contribution in [0.4, 0.5) is 0 Å². The van der Waals surface area contributed by atoms with E-state index in [9.17, 15) is 0 Å². The predicted octanol–water partition coefficient (Wildman–Crippen LogP) is 1.09. The van der Waals surface area contributed by atoms with E-state index in [-0.39, 0.29) is 19.5 Å². The smallest absolute Gasteiger partial charge is 0.512 e. The Bertz CT molecular complexity index is 75.5. The molecule has 0 aliphatic rings. The predicted molar refractivity (Wildman–Crippen MR) is 29.6 cm³/mol. The van der Waals surface area contributed by atoms with Crippen molar-refractivity contribution in [2.45, 2.75) is 0 Å². The summed E-state index contributed by atoms with van der Waals surface area (Å²) in [5, 5.41) is 19.8. The molecule has 0 amide bonds. The summed E-state index contributed by atoms with van der Waals surface area (Å²) in [6.07, 6.45) is 0. The summed E-state index contributed by atoms with van der Waals surface area (Å²) in [5.41, 5.74) is 0. The van der Waals surface area contributed by atoms with Gasteiger partial charge in [0.1, 0.15) is 4.08 Å². The summed E-state index contributed by atoms with van der Waals surface area (Å²) in [5.74, 6) is 0. The van der Waals surface area contributed by atoms with Gasteiger partial charge in [0.15, 0.2) is 0 Å². The van der Waals surface area contributed by atoms with Crippen LogP contribution < -0.4 is 0 Å². The molecule has 0 aromatic carbocycles. The standard InChI is InChI=1S/CIN.2CN.Zn/c2-1-3;2*1-2;/q;2*-1;+2. The Morgan fingerprint density at radius 2 is 1.12 bits per heavy atom. The molecular formula is C3IN3Zn. The van der Waals surface area contributed by atoms with Gasteiger partial charge in [-0.3, -0.25) is 0 Å². The van der Waals surface area contributed by atoms with Crippen molar-refractivity contribution in [3.8, 4) is 4.08 Å². The molecule has 8 heavy (non-hydrogen) atoms. The molecule has 3 nitrogen and oxygen atoms in total. The quantitative estimate of drug-likeness (QED) is 0.376. The van der Waals surface area contributed by atoms with Crippen LogP contribution in [0.3, 0.4) is 0 Å². The van der Waals surface area contributed by atoms with Gasteiger partial charge < -0.3 is 23.7 Å². The number of nitriles is 1. The fourth-order valence-corrected chi connectivity index (χ4v) is 0. The number of rotatable bonds is 0. The van der Waals surface area contributed by atoms with E-state index < -0.39 is 0 Å². The van der Waals surface area contributed by atoms with Crippen LogP contribution in [-0.2, 0) is 19.5 Å². The summed E-state index contributed by atoms with van der Waals surface area (Å²) in [6, 6.07) is 0. The Kier molecular flexibility index (Phi) is 1060. The maximum absolute atomic E-state index is 7.31. The summed E-state index contributed by atoms with van der Waals surface area (Å²) in [4.78, 5) is 0. The van der Waals surface area contributed by atoms with Gasteiger partial charge in [-0.15, -0.1) is 0 Å². The van der Waals surface area contributed by atoms with Gasteiger partial charge in [-0.25, -0.2) is 0 Å². The third-order valence-corrected chi connectivity index (χ3v) is 0. The van der Waals surface area contributed by atoms with E-state index in [4.69, 9.17) is 28.9 Å². The van der Waals surface area contributed by atoms with Crippen LogP contribution in [0.15, 0.2) is 0 Å². The van der Waals surface area contributed by atoms with Gasteiger partial charge in [-0.2, -0.15) is 5.26 Å². The molecule has 0 rings (SSSR count). The van der Waals surface area contributed by atoms with Crippen LogP contribution in [-0.4, -0.2) is 0 Å². The van der Waals surface area contributed by atoms with Gasteiger partial charge in [0.05, 0.1) is 22.6 Å². The minimum absolute atomic E-state index is 0. The molecule has 0 bridgehead atoms. The molecular weight excluding hydrogens is 270 g/mol. The topological polar surface area (TPSA) is 71.4 Å². The van der Waals surface area contributed by atoms with Gasteiger partial charge in [-0.1, -0.05) is 0 Å². The molecule has 0 unspecified atom stereocenters. The molecule has 36 valence electrons. The minimum Gasteiger partial charge on any atom is -0.512 e. The zero-order chi connectivity index (χ0) is 6.71. The molecule has 5 heteroatoms. The van der Waals surface area contributed by atoms with E-state index in [1.54, 1.807) is 26.7 Å². The van der Waals surface area contributed by atoms with Gasteiger partial charge in [0.2, 0.25) is 0 Å². The number of hydrogen-bond donors (Lipinski definition) is 0. The van der Waals surface area contributed by atoms with Crippen LogP contribution in [0.5, 0.6) is 0 Å². The molecule has 0 spiro atoms. The van der Waals surface area contributed by atoms with Crippen molar-refractivity contribution >= 4 is 22.6 Å². The second-order valence-corrected chi connectivity index (χ2v) is 0.567. The van der Waals surface area contributed by atoms with Crippen molar-refractivity contribution in [3.63, 3.8) is 0 Å². The summed E-state index contributed by atoms with van der Waals surface area (Å²) in [7, 11) is 0. The van der Waals surface area contributed by atoms with Gasteiger partial charge in [0, 0.05) is 0 Å². The van der Waals surface area contributed by atoms with E-state index in [1.807, 2.05) is 0 Å². The first-order chi connectivity index (χ1) is 3.41. The molecule has 0 saturated heterocycles. The van der Waals surface area contributed by atoms with Gasteiger partial charge >= 0.3 is 19.5 Å². The molecule has 0 atom stereocenters. The monoisotopic (exact) mass is 269 g/mol. The average Bonchev–Trinajstić information content (AvgIpc) is 1.78. The maximum atomic E-state index is 7.31. The second-order valence-electron chi connectivity index (χ2n) is 0.0845.